The number of aromatic nitrogens is 3. The van der Waals surface area contributed by atoms with E-state index in [0.29, 0.717) is 34.0 Å². The lowest BCUT2D eigenvalue weighted by Crippen LogP contribution is -2.23. The Hall–Kier alpha value is -3.14. The molecule has 10 heteroatoms. The zero-order valence-corrected chi connectivity index (χ0v) is 15.2. The minimum Gasteiger partial charge on any atom is -0.497 e. The van der Waals surface area contributed by atoms with Crippen LogP contribution in [0.3, 0.4) is 0 Å². The summed E-state index contributed by atoms with van der Waals surface area (Å²) in [6, 6.07) is 5.38. The number of nitrogens with one attached hydrogen (secondary N) is 2. The van der Waals surface area contributed by atoms with Crippen LogP contribution in [-0.2, 0) is 6.54 Å². The van der Waals surface area contributed by atoms with Crippen molar-refractivity contribution < 1.29 is 18.8 Å². The number of amides is 1. The average Bonchev–Trinajstić information content (AvgIpc) is 3.29. The second kappa shape index (κ2) is 7.83. The second-order valence-electron chi connectivity index (χ2n) is 5.15. The molecule has 2 heterocycles. The molecule has 0 atom stereocenters. The summed E-state index contributed by atoms with van der Waals surface area (Å²) in [6.45, 7) is 1.85. The quantitative estimate of drug-likeness (QED) is 0.648. The Bertz CT molecular complexity index is 908. The average molecular weight is 375 g/mol. The van der Waals surface area contributed by atoms with Crippen LogP contribution in [0.15, 0.2) is 28.1 Å². The lowest BCUT2D eigenvalue weighted by molar-refractivity contribution is 0.0942. The van der Waals surface area contributed by atoms with Crippen molar-refractivity contribution >= 4 is 28.1 Å². The first-order valence-electron chi connectivity index (χ1n) is 7.61. The molecule has 3 rings (SSSR count). The number of hydrogen-bond donors (Lipinski definition) is 2. The molecule has 1 amide bonds. The Morgan fingerprint density at radius 1 is 1.27 bits per heavy atom. The Kier molecular flexibility index (Phi) is 5.32. The molecule has 0 aliphatic heterocycles. The summed E-state index contributed by atoms with van der Waals surface area (Å²) in [5, 5.41) is 11.7. The first-order valence-corrected chi connectivity index (χ1v) is 8.49. The summed E-state index contributed by atoms with van der Waals surface area (Å²) < 4.78 is 15.5. The molecule has 136 valence electrons. The summed E-state index contributed by atoms with van der Waals surface area (Å²) in [6.07, 6.45) is 0. The van der Waals surface area contributed by atoms with Gasteiger partial charge >= 0.3 is 0 Å². The number of anilines is 2. The fraction of sp³-hybridized carbons (Fsp3) is 0.250. The topological polar surface area (TPSA) is 111 Å². The maximum atomic E-state index is 12.2. The van der Waals surface area contributed by atoms with Gasteiger partial charge in [-0.3, -0.25) is 4.79 Å². The van der Waals surface area contributed by atoms with Crippen LogP contribution < -0.4 is 20.1 Å². The summed E-state index contributed by atoms with van der Waals surface area (Å²) in [5.41, 5.74) is 1.01. The van der Waals surface area contributed by atoms with Gasteiger partial charge in [-0.15, -0.1) is 11.3 Å². The molecule has 2 N–H and O–H groups in total. The number of carbonyl (C=O) groups excluding carboxylic acids is 1. The SMILES string of the molecule is COc1ccc(Nc2nc(C(=O)NCc3nc(C)no3)cs2)c(OC)c1. The monoisotopic (exact) mass is 375 g/mol. The number of thiazole rings is 1. The minimum atomic E-state index is -0.327. The van der Waals surface area contributed by atoms with Gasteiger partial charge in [-0.25, -0.2) is 4.98 Å². The summed E-state index contributed by atoms with van der Waals surface area (Å²) in [5.74, 6) is 1.82. The highest BCUT2D eigenvalue weighted by molar-refractivity contribution is 7.14. The van der Waals surface area contributed by atoms with Gasteiger partial charge in [0, 0.05) is 11.4 Å². The predicted octanol–water partition coefficient (Wildman–Crippen LogP) is 2.53. The van der Waals surface area contributed by atoms with E-state index in [1.165, 1.54) is 11.3 Å². The fourth-order valence-corrected chi connectivity index (χ4v) is 2.81. The van der Waals surface area contributed by atoms with Gasteiger partial charge in [-0.1, -0.05) is 5.16 Å². The van der Waals surface area contributed by atoms with Crippen molar-refractivity contribution in [1.82, 2.24) is 20.4 Å². The van der Waals surface area contributed by atoms with Gasteiger partial charge in [0.15, 0.2) is 11.0 Å². The number of carbonyl (C=O) groups is 1. The molecule has 0 aliphatic rings. The molecule has 0 saturated carbocycles. The van der Waals surface area contributed by atoms with Crippen LogP contribution in [0.2, 0.25) is 0 Å². The molecule has 0 spiro atoms. The Morgan fingerprint density at radius 3 is 2.81 bits per heavy atom. The zero-order chi connectivity index (χ0) is 18.5. The van der Waals surface area contributed by atoms with Crippen LogP contribution in [0, 0.1) is 6.92 Å². The standard InChI is InChI=1S/C16H17N5O4S/c1-9-18-14(25-21-9)7-17-15(22)12-8-26-16(20-12)19-11-5-4-10(23-2)6-13(11)24-3/h4-6,8H,7H2,1-3H3,(H,17,22)(H,19,20). The maximum absolute atomic E-state index is 12.2. The Morgan fingerprint density at radius 2 is 2.12 bits per heavy atom. The second-order valence-corrected chi connectivity index (χ2v) is 6.01. The lowest BCUT2D eigenvalue weighted by Gasteiger charge is -2.10. The van der Waals surface area contributed by atoms with E-state index in [1.807, 2.05) is 6.07 Å². The van der Waals surface area contributed by atoms with Crippen molar-refractivity contribution in [1.29, 1.82) is 0 Å². The molecular formula is C16H17N5O4S. The smallest absolute Gasteiger partial charge is 0.271 e. The molecule has 0 saturated heterocycles. The molecule has 0 unspecified atom stereocenters. The van der Waals surface area contributed by atoms with Crippen LogP contribution >= 0.6 is 11.3 Å². The molecule has 2 aromatic heterocycles. The Labute approximate surface area is 153 Å². The maximum Gasteiger partial charge on any atom is 0.271 e. The van der Waals surface area contributed by atoms with E-state index in [-0.39, 0.29) is 12.5 Å². The minimum absolute atomic E-state index is 0.145. The normalized spacial score (nSPS) is 10.4. The number of benzene rings is 1. The first kappa shape index (κ1) is 17.7. The van der Waals surface area contributed by atoms with Gasteiger partial charge in [-0.05, 0) is 19.1 Å². The van der Waals surface area contributed by atoms with Crippen LogP contribution in [-0.4, -0.2) is 35.3 Å². The van der Waals surface area contributed by atoms with Crippen LogP contribution in [0.25, 0.3) is 0 Å². The highest BCUT2D eigenvalue weighted by atomic mass is 32.1. The number of ether oxygens (including phenoxy) is 2. The van der Waals surface area contributed by atoms with Crippen molar-refractivity contribution in [3.63, 3.8) is 0 Å². The first-order chi connectivity index (χ1) is 12.6. The molecule has 26 heavy (non-hydrogen) atoms. The van der Waals surface area contributed by atoms with E-state index in [4.69, 9.17) is 14.0 Å². The summed E-state index contributed by atoms with van der Waals surface area (Å²) in [4.78, 5) is 20.5. The van der Waals surface area contributed by atoms with Gasteiger partial charge in [0.25, 0.3) is 5.91 Å². The van der Waals surface area contributed by atoms with Crippen molar-refractivity contribution in [3.8, 4) is 11.5 Å². The van der Waals surface area contributed by atoms with E-state index in [9.17, 15) is 4.79 Å². The molecule has 1 aromatic carbocycles. The van der Waals surface area contributed by atoms with Gasteiger partial charge < -0.3 is 24.6 Å². The van der Waals surface area contributed by atoms with Gasteiger partial charge in [0.1, 0.15) is 17.2 Å². The van der Waals surface area contributed by atoms with E-state index >= 15 is 0 Å². The number of rotatable bonds is 7. The van der Waals surface area contributed by atoms with Crippen molar-refractivity contribution in [2.75, 3.05) is 19.5 Å². The van der Waals surface area contributed by atoms with Crippen LogP contribution in [0.4, 0.5) is 10.8 Å². The van der Waals surface area contributed by atoms with Gasteiger partial charge in [0.05, 0.1) is 26.5 Å². The van der Waals surface area contributed by atoms with Gasteiger partial charge in [0.2, 0.25) is 5.89 Å². The third-order valence-electron chi connectivity index (χ3n) is 3.36. The Balaban J connectivity index is 1.65. The highest BCUT2D eigenvalue weighted by Crippen LogP contribution is 2.32. The van der Waals surface area contributed by atoms with E-state index < -0.39 is 0 Å². The van der Waals surface area contributed by atoms with E-state index in [0.717, 1.165) is 5.69 Å². The molecular weight excluding hydrogens is 358 g/mol. The summed E-state index contributed by atoms with van der Waals surface area (Å²) in [7, 11) is 3.16. The largest absolute Gasteiger partial charge is 0.497 e. The highest BCUT2D eigenvalue weighted by Gasteiger charge is 2.13. The molecule has 0 aliphatic carbocycles. The molecule has 3 aromatic rings. The number of hydrogen-bond acceptors (Lipinski definition) is 9. The molecule has 9 nitrogen and oxygen atoms in total. The van der Waals surface area contributed by atoms with Crippen LogP contribution in [0.1, 0.15) is 22.2 Å². The van der Waals surface area contributed by atoms with Crippen molar-refractivity contribution in [3.05, 3.63) is 41.0 Å². The molecule has 0 radical (unpaired) electrons. The van der Waals surface area contributed by atoms with E-state index in [2.05, 4.69) is 25.8 Å². The number of aryl methyl sites for hydroxylation is 1. The van der Waals surface area contributed by atoms with E-state index in [1.54, 1.807) is 38.7 Å². The number of methoxy groups -OCH3 is 2. The van der Waals surface area contributed by atoms with Crippen LogP contribution in [0.5, 0.6) is 11.5 Å². The predicted molar refractivity (Wildman–Crippen MR) is 95.1 cm³/mol. The zero-order valence-electron chi connectivity index (χ0n) is 14.4. The van der Waals surface area contributed by atoms with Gasteiger partial charge in [-0.2, -0.15) is 4.98 Å². The van der Waals surface area contributed by atoms with Crippen molar-refractivity contribution in [2.45, 2.75) is 13.5 Å². The third-order valence-corrected chi connectivity index (χ3v) is 4.11. The van der Waals surface area contributed by atoms with Crippen molar-refractivity contribution in [2.24, 2.45) is 0 Å². The molecule has 0 bridgehead atoms. The molecule has 0 fully saturated rings. The summed E-state index contributed by atoms with van der Waals surface area (Å²) >= 11 is 1.31. The lowest BCUT2D eigenvalue weighted by atomic mass is 10.3. The third kappa shape index (κ3) is 4.09. The fourth-order valence-electron chi connectivity index (χ4n) is 2.11. The number of nitrogens with zero attached hydrogens (tertiary/aromatic N) is 3.